The SMILES string of the molecule is Cc1ccc2c(c1)-c1ccccc1[NH+]2c1ccccc1. The zero-order chi connectivity index (χ0) is 13.5. The van der Waals surface area contributed by atoms with Crippen molar-refractivity contribution in [2.45, 2.75) is 6.92 Å². The van der Waals surface area contributed by atoms with Gasteiger partial charge in [-0.25, -0.2) is 4.90 Å². The fourth-order valence-corrected chi connectivity index (χ4v) is 3.10. The van der Waals surface area contributed by atoms with Crippen molar-refractivity contribution in [1.29, 1.82) is 0 Å². The number of nitrogens with one attached hydrogen (secondary N) is 1. The molecule has 1 aliphatic rings. The van der Waals surface area contributed by atoms with Crippen LogP contribution in [0.2, 0.25) is 0 Å². The van der Waals surface area contributed by atoms with Gasteiger partial charge in [0.25, 0.3) is 0 Å². The van der Waals surface area contributed by atoms with Gasteiger partial charge in [-0.1, -0.05) is 42.0 Å². The van der Waals surface area contributed by atoms with Gasteiger partial charge in [0, 0.05) is 23.3 Å². The molecule has 0 fully saturated rings. The molecule has 0 saturated carbocycles. The third-order valence-electron chi connectivity index (χ3n) is 3.99. The van der Waals surface area contributed by atoms with Crippen LogP contribution in [-0.4, -0.2) is 0 Å². The summed E-state index contributed by atoms with van der Waals surface area (Å²) < 4.78 is 0. The maximum Gasteiger partial charge on any atom is 0.149 e. The standard InChI is InChI=1S/C19H15N/c1-14-11-12-19-17(13-14)16-9-5-6-10-18(16)20(19)15-7-3-2-4-8-15/h2-13H,1H3/p+1. The van der Waals surface area contributed by atoms with Crippen molar-refractivity contribution in [1.82, 2.24) is 0 Å². The van der Waals surface area contributed by atoms with Crippen molar-refractivity contribution in [3.05, 3.63) is 78.4 Å². The summed E-state index contributed by atoms with van der Waals surface area (Å²) in [5, 5.41) is 0. The van der Waals surface area contributed by atoms with E-state index >= 15 is 0 Å². The summed E-state index contributed by atoms with van der Waals surface area (Å²) in [4.78, 5) is 1.36. The van der Waals surface area contributed by atoms with Gasteiger partial charge in [0.2, 0.25) is 0 Å². The molecule has 1 unspecified atom stereocenters. The summed E-state index contributed by atoms with van der Waals surface area (Å²) in [6, 6.07) is 26.1. The van der Waals surface area contributed by atoms with E-state index in [1.807, 2.05) is 0 Å². The molecule has 4 rings (SSSR count). The van der Waals surface area contributed by atoms with Crippen LogP contribution in [0.4, 0.5) is 17.1 Å². The highest BCUT2D eigenvalue weighted by atomic mass is 15.2. The van der Waals surface area contributed by atoms with Gasteiger partial charge < -0.3 is 0 Å². The number of benzene rings is 3. The third kappa shape index (κ3) is 1.60. The average Bonchev–Trinajstić information content (AvgIpc) is 2.82. The molecule has 0 amide bonds. The number of hydrogen-bond donors (Lipinski definition) is 1. The predicted molar refractivity (Wildman–Crippen MR) is 83.0 cm³/mol. The van der Waals surface area contributed by atoms with Gasteiger partial charge >= 0.3 is 0 Å². The topological polar surface area (TPSA) is 4.44 Å². The molecule has 0 bridgehead atoms. The second-order valence-corrected chi connectivity index (χ2v) is 5.34. The molecule has 0 aliphatic carbocycles. The zero-order valence-electron chi connectivity index (χ0n) is 11.4. The summed E-state index contributed by atoms with van der Waals surface area (Å²) in [7, 11) is 0. The Hall–Kier alpha value is -2.38. The van der Waals surface area contributed by atoms with Crippen LogP contribution >= 0.6 is 0 Å². The Morgan fingerprint density at radius 2 is 1.35 bits per heavy atom. The Labute approximate surface area is 119 Å². The van der Waals surface area contributed by atoms with Crippen LogP contribution in [-0.2, 0) is 0 Å². The van der Waals surface area contributed by atoms with E-state index in [1.165, 1.54) is 38.7 Å². The molecular formula is C19H16N+. The van der Waals surface area contributed by atoms with E-state index in [2.05, 4.69) is 79.7 Å². The summed E-state index contributed by atoms with van der Waals surface area (Å²) in [6.45, 7) is 2.16. The van der Waals surface area contributed by atoms with E-state index in [9.17, 15) is 0 Å². The van der Waals surface area contributed by atoms with Crippen molar-refractivity contribution in [2.24, 2.45) is 0 Å². The molecule has 1 aliphatic heterocycles. The number of aryl methyl sites for hydroxylation is 1. The summed E-state index contributed by atoms with van der Waals surface area (Å²) in [5.41, 5.74) is 8.02. The first-order valence-corrected chi connectivity index (χ1v) is 6.98. The van der Waals surface area contributed by atoms with E-state index < -0.39 is 0 Å². The van der Waals surface area contributed by atoms with Gasteiger partial charge in [0.1, 0.15) is 17.1 Å². The Morgan fingerprint density at radius 3 is 2.20 bits per heavy atom. The molecule has 3 aromatic rings. The van der Waals surface area contributed by atoms with Gasteiger partial charge in [0.05, 0.1) is 0 Å². The molecule has 1 heteroatoms. The fraction of sp³-hybridized carbons (Fsp3) is 0.0526. The maximum atomic E-state index is 2.30. The van der Waals surface area contributed by atoms with E-state index in [4.69, 9.17) is 0 Å². The van der Waals surface area contributed by atoms with Crippen LogP contribution in [0.25, 0.3) is 11.1 Å². The van der Waals surface area contributed by atoms with Gasteiger partial charge in [-0.2, -0.15) is 0 Å². The second-order valence-electron chi connectivity index (χ2n) is 5.34. The van der Waals surface area contributed by atoms with Crippen LogP contribution in [0.1, 0.15) is 5.56 Å². The Morgan fingerprint density at radius 1 is 0.650 bits per heavy atom. The molecule has 1 atom stereocenters. The lowest BCUT2D eigenvalue weighted by Crippen LogP contribution is -2.95. The maximum absolute atomic E-state index is 2.30. The molecular weight excluding hydrogens is 242 g/mol. The van der Waals surface area contributed by atoms with Crippen LogP contribution < -0.4 is 4.90 Å². The minimum Gasteiger partial charge on any atom is -0.237 e. The van der Waals surface area contributed by atoms with Crippen LogP contribution in [0.3, 0.4) is 0 Å². The number of quaternary nitrogens is 1. The number of fused-ring (bicyclic) bond motifs is 3. The smallest absolute Gasteiger partial charge is 0.149 e. The monoisotopic (exact) mass is 258 g/mol. The van der Waals surface area contributed by atoms with Crippen LogP contribution in [0, 0.1) is 6.92 Å². The Kier molecular flexibility index (Phi) is 2.48. The zero-order valence-corrected chi connectivity index (χ0v) is 11.4. The van der Waals surface area contributed by atoms with Gasteiger partial charge in [-0.05, 0) is 31.2 Å². The van der Waals surface area contributed by atoms with Gasteiger partial charge in [-0.15, -0.1) is 0 Å². The lowest BCUT2D eigenvalue weighted by atomic mass is 10.0. The van der Waals surface area contributed by atoms with E-state index in [0.717, 1.165) is 0 Å². The van der Waals surface area contributed by atoms with Crippen LogP contribution in [0.5, 0.6) is 0 Å². The number of hydrogen-bond acceptors (Lipinski definition) is 0. The molecule has 0 saturated heterocycles. The van der Waals surface area contributed by atoms with Crippen molar-refractivity contribution in [3.8, 4) is 11.1 Å². The van der Waals surface area contributed by atoms with E-state index in [-0.39, 0.29) is 0 Å². The quantitative estimate of drug-likeness (QED) is 0.523. The lowest BCUT2D eigenvalue weighted by Gasteiger charge is -2.14. The van der Waals surface area contributed by atoms with Gasteiger partial charge in [0.15, 0.2) is 0 Å². The minimum absolute atomic E-state index is 1.29. The Balaban J connectivity index is 2.02. The minimum atomic E-state index is 1.29. The molecule has 1 N–H and O–H groups in total. The molecule has 1 nitrogen and oxygen atoms in total. The second kappa shape index (κ2) is 4.32. The number of rotatable bonds is 1. The molecule has 0 aromatic heterocycles. The first kappa shape index (κ1) is 11.4. The normalized spacial score (nSPS) is 15.8. The highest BCUT2D eigenvalue weighted by molar-refractivity contribution is 5.86. The van der Waals surface area contributed by atoms with Crippen molar-refractivity contribution < 1.29 is 4.90 Å². The Bertz CT molecular complexity index is 775. The molecule has 20 heavy (non-hydrogen) atoms. The van der Waals surface area contributed by atoms with Crippen LogP contribution in [0.15, 0.2) is 72.8 Å². The summed E-state index contributed by atoms with van der Waals surface area (Å²) >= 11 is 0. The average molecular weight is 258 g/mol. The molecule has 3 aromatic carbocycles. The lowest BCUT2D eigenvalue weighted by molar-refractivity contribution is -0.677. The predicted octanol–water partition coefficient (Wildman–Crippen LogP) is 4.16. The largest absolute Gasteiger partial charge is 0.237 e. The summed E-state index contributed by atoms with van der Waals surface area (Å²) in [5.74, 6) is 0. The molecule has 0 radical (unpaired) electrons. The van der Waals surface area contributed by atoms with Gasteiger partial charge in [-0.3, -0.25) is 0 Å². The highest BCUT2D eigenvalue weighted by Gasteiger charge is 2.32. The number of para-hydroxylation sites is 2. The summed E-state index contributed by atoms with van der Waals surface area (Å²) in [6.07, 6.45) is 0. The van der Waals surface area contributed by atoms with E-state index in [0.29, 0.717) is 0 Å². The first-order chi connectivity index (χ1) is 9.84. The fourth-order valence-electron chi connectivity index (χ4n) is 3.10. The first-order valence-electron chi connectivity index (χ1n) is 6.98. The molecule has 0 spiro atoms. The van der Waals surface area contributed by atoms with E-state index in [1.54, 1.807) is 0 Å². The highest BCUT2D eigenvalue weighted by Crippen LogP contribution is 2.38. The van der Waals surface area contributed by atoms with Crippen molar-refractivity contribution in [3.63, 3.8) is 0 Å². The van der Waals surface area contributed by atoms with Crippen molar-refractivity contribution >= 4 is 17.1 Å². The molecule has 1 heterocycles. The molecule has 96 valence electrons. The van der Waals surface area contributed by atoms with Crippen molar-refractivity contribution in [2.75, 3.05) is 0 Å². The third-order valence-corrected chi connectivity index (χ3v) is 3.99.